The summed E-state index contributed by atoms with van der Waals surface area (Å²) in [4.78, 5) is 14.1. The second kappa shape index (κ2) is 9.25. The number of rotatable bonds is 7. The molecule has 0 spiro atoms. The van der Waals surface area contributed by atoms with Gasteiger partial charge in [0.15, 0.2) is 0 Å². The number of carbonyl (C=O) groups is 1. The minimum absolute atomic E-state index is 0.00520. The Morgan fingerprint density at radius 2 is 2.32 bits per heavy atom. The van der Waals surface area contributed by atoms with E-state index in [9.17, 15) is 4.79 Å². The molecule has 1 heterocycles. The van der Waals surface area contributed by atoms with Crippen LogP contribution >= 0.6 is 15.9 Å². The zero-order valence-electron chi connectivity index (χ0n) is 12.9. The summed E-state index contributed by atoms with van der Waals surface area (Å²) in [5.74, 6) is 0.0591. The maximum atomic E-state index is 11.9. The summed E-state index contributed by atoms with van der Waals surface area (Å²) in [6.07, 6.45) is 0.843. The monoisotopic (exact) mass is 370 g/mol. The standard InChI is InChI=1S/C16H23BrN2O3/c1-21-9-4-7-18-16(20)12-19-8-10-22-15(11-19)13-5-2-3-6-14(13)17/h2-3,5-6,15H,4,7-12H2,1H3,(H,18,20). The largest absolute Gasteiger partial charge is 0.385 e. The van der Waals surface area contributed by atoms with E-state index in [-0.39, 0.29) is 12.0 Å². The van der Waals surface area contributed by atoms with E-state index in [0.717, 1.165) is 29.5 Å². The summed E-state index contributed by atoms with van der Waals surface area (Å²) in [5, 5.41) is 2.92. The number of ether oxygens (including phenoxy) is 2. The van der Waals surface area contributed by atoms with Crippen LogP contribution in [0, 0.1) is 0 Å². The van der Waals surface area contributed by atoms with Crippen LogP contribution in [0.25, 0.3) is 0 Å². The number of benzene rings is 1. The van der Waals surface area contributed by atoms with Crippen molar-refractivity contribution in [3.05, 3.63) is 34.3 Å². The second-order valence-corrected chi connectivity index (χ2v) is 6.17. The van der Waals surface area contributed by atoms with Gasteiger partial charge in [0, 0.05) is 37.8 Å². The van der Waals surface area contributed by atoms with E-state index in [1.54, 1.807) is 7.11 Å². The summed E-state index contributed by atoms with van der Waals surface area (Å²) in [7, 11) is 1.66. The van der Waals surface area contributed by atoms with Crippen molar-refractivity contribution in [1.29, 1.82) is 0 Å². The maximum absolute atomic E-state index is 11.9. The van der Waals surface area contributed by atoms with Gasteiger partial charge in [0.25, 0.3) is 0 Å². The Kier molecular flexibility index (Phi) is 7.32. The van der Waals surface area contributed by atoms with Crippen LogP contribution in [0.4, 0.5) is 0 Å². The molecule has 22 heavy (non-hydrogen) atoms. The average molecular weight is 371 g/mol. The van der Waals surface area contributed by atoms with Crippen LogP contribution in [-0.2, 0) is 14.3 Å². The fourth-order valence-electron chi connectivity index (χ4n) is 2.47. The van der Waals surface area contributed by atoms with E-state index in [2.05, 4.69) is 32.2 Å². The van der Waals surface area contributed by atoms with Crippen LogP contribution in [-0.4, -0.2) is 57.3 Å². The van der Waals surface area contributed by atoms with Crippen molar-refractivity contribution in [2.24, 2.45) is 0 Å². The number of methoxy groups -OCH3 is 1. The topological polar surface area (TPSA) is 50.8 Å². The molecule has 0 aromatic heterocycles. The Labute approximate surface area is 140 Å². The lowest BCUT2D eigenvalue weighted by atomic mass is 10.1. The maximum Gasteiger partial charge on any atom is 0.234 e. The van der Waals surface area contributed by atoms with Crippen LogP contribution < -0.4 is 5.32 Å². The number of hydrogen-bond donors (Lipinski definition) is 1. The van der Waals surface area contributed by atoms with E-state index in [4.69, 9.17) is 9.47 Å². The van der Waals surface area contributed by atoms with E-state index < -0.39 is 0 Å². The molecular weight excluding hydrogens is 348 g/mol. The van der Waals surface area contributed by atoms with Gasteiger partial charge in [-0.1, -0.05) is 34.1 Å². The first-order valence-corrected chi connectivity index (χ1v) is 8.34. The third-order valence-electron chi connectivity index (χ3n) is 3.62. The van der Waals surface area contributed by atoms with Gasteiger partial charge in [-0.2, -0.15) is 0 Å². The van der Waals surface area contributed by atoms with Crippen molar-refractivity contribution in [2.75, 3.05) is 46.5 Å². The van der Waals surface area contributed by atoms with E-state index in [0.29, 0.717) is 26.3 Å². The van der Waals surface area contributed by atoms with Gasteiger partial charge in [0.05, 0.1) is 19.3 Å². The van der Waals surface area contributed by atoms with E-state index in [1.807, 2.05) is 18.2 Å². The Balaban J connectivity index is 1.81. The molecule has 1 aromatic rings. The van der Waals surface area contributed by atoms with Gasteiger partial charge in [-0.15, -0.1) is 0 Å². The van der Waals surface area contributed by atoms with Gasteiger partial charge in [-0.25, -0.2) is 0 Å². The summed E-state index contributed by atoms with van der Waals surface area (Å²) < 4.78 is 11.9. The third-order valence-corrected chi connectivity index (χ3v) is 4.34. The van der Waals surface area contributed by atoms with Gasteiger partial charge >= 0.3 is 0 Å². The summed E-state index contributed by atoms with van der Waals surface area (Å²) in [6, 6.07) is 8.07. The van der Waals surface area contributed by atoms with Crippen LogP contribution in [0.1, 0.15) is 18.1 Å². The lowest BCUT2D eigenvalue weighted by Crippen LogP contribution is -2.44. The van der Waals surface area contributed by atoms with Crippen molar-refractivity contribution in [3.63, 3.8) is 0 Å². The molecule has 1 saturated heterocycles. The summed E-state index contributed by atoms with van der Waals surface area (Å²) in [6.45, 7) is 3.90. The highest BCUT2D eigenvalue weighted by atomic mass is 79.9. The highest BCUT2D eigenvalue weighted by Gasteiger charge is 2.24. The Morgan fingerprint density at radius 1 is 1.50 bits per heavy atom. The zero-order chi connectivity index (χ0) is 15.8. The number of amides is 1. The van der Waals surface area contributed by atoms with E-state index in [1.165, 1.54) is 0 Å². The Morgan fingerprint density at radius 3 is 3.09 bits per heavy atom. The molecule has 1 aliphatic rings. The van der Waals surface area contributed by atoms with Crippen LogP contribution in [0.2, 0.25) is 0 Å². The van der Waals surface area contributed by atoms with Gasteiger partial charge in [-0.3, -0.25) is 9.69 Å². The fourth-order valence-corrected chi connectivity index (χ4v) is 3.01. The fraction of sp³-hybridized carbons (Fsp3) is 0.562. The molecular formula is C16H23BrN2O3. The number of nitrogens with zero attached hydrogens (tertiary/aromatic N) is 1. The number of hydrogen-bond acceptors (Lipinski definition) is 4. The second-order valence-electron chi connectivity index (χ2n) is 5.31. The number of halogens is 1. The molecule has 5 nitrogen and oxygen atoms in total. The molecule has 1 atom stereocenters. The normalized spacial score (nSPS) is 19.1. The molecule has 122 valence electrons. The van der Waals surface area contributed by atoms with Crippen LogP contribution in [0.5, 0.6) is 0 Å². The SMILES string of the molecule is COCCCNC(=O)CN1CCOC(c2ccccc2Br)C1. The predicted octanol–water partition coefficient (Wildman–Crippen LogP) is 1.98. The first-order chi connectivity index (χ1) is 10.7. The van der Waals surface area contributed by atoms with Crippen molar-refractivity contribution in [3.8, 4) is 0 Å². The molecule has 0 bridgehead atoms. The van der Waals surface area contributed by atoms with Crippen molar-refractivity contribution in [2.45, 2.75) is 12.5 Å². The van der Waals surface area contributed by atoms with Gasteiger partial charge in [0.2, 0.25) is 5.91 Å². The lowest BCUT2D eigenvalue weighted by molar-refractivity contribution is -0.124. The summed E-state index contributed by atoms with van der Waals surface area (Å²) in [5.41, 5.74) is 1.13. The Bertz CT molecular complexity index is 484. The van der Waals surface area contributed by atoms with Crippen LogP contribution in [0.3, 0.4) is 0 Å². The molecule has 0 radical (unpaired) electrons. The highest BCUT2D eigenvalue weighted by molar-refractivity contribution is 9.10. The number of carbonyl (C=O) groups excluding carboxylic acids is 1. The van der Waals surface area contributed by atoms with Gasteiger partial charge in [0.1, 0.15) is 0 Å². The highest BCUT2D eigenvalue weighted by Crippen LogP contribution is 2.28. The minimum atomic E-state index is 0.00520. The molecule has 0 aliphatic carbocycles. The molecule has 2 rings (SSSR count). The number of nitrogens with one attached hydrogen (secondary N) is 1. The van der Waals surface area contributed by atoms with E-state index >= 15 is 0 Å². The first kappa shape index (κ1) is 17.4. The van der Waals surface area contributed by atoms with Gasteiger partial charge in [-0.05, 0) is 18.1 Å². The smallest absolute Gasteiger partial charge is 0.234 e. The first-order valence-electron chi connectivity index (χ1n) is 7.54. The summed E-state index contributed by atoms with van der Waals surface area (Å²) >= 11 is 3.56. The zero-order valence-corrected chi connectivity index (χ0v) is 14.5. The minimum Gasteiger partial charge on any atom is -0.385 e. The van der Waals surface area contributed by atoms with Crippen molar-refractivity contribution in [1.82, 2.24) is 10.2 Å². The van der Waals surface area contributed by atoms with Crippen LogP contribution in [0.15, 0.2) is 28.7 Å². The Hall–Kier alpha value is -0.950. The molecule has 0 saturated carbocycles. The van der Waals surface area contributed by atoms with Crippen molar-refractivity contribution >= 4 is 21.8 Å². The third kappa shape index (κ3) is 5.35. The van der Waals surface area contributed by atoms with Crippen molar-refractivity contribution < 1.29 is 14.3 Å². The molecule has 1 aliphatic heterocycles. The predicted molar refractivity (Wildman–Crippen MR) is 88.8 cm³/mol. The lowest BCUT2D eigenvalue weighted by Gasteiger charge is -2.33. The molecule has 1 amide bonds. The molecule has 1 N–H and O–H groups in total. The molecule has 6 heteroatoms. The molecule has 1 fully saturated rings. The number of morpholine rings is 1. The van der Waals surface area contributed by atoms with Gasteiger partial charge < -0.3 is 14.8 Å². The quantitative estimate of drug-likeness (QED) is 0.745. The molecule has 1 unspecified atom stereocenters. The average Bonchev–Trinajstić information content (AvgIpc) is 2.52. The molecule has 1 aromatic carbocycles.